The number of carbonyl (C=O) groups is 2. The molecule has 2 nitrogen and oxygen atoms in total. The lowest BCUT2D eigenvalue weighted by Crippen LogP contribution is -2.53. The number of rotatable bonds is 4. The number of carbonyl (C=O) groups excluding carboxylic acids is 2. The Balaban J connectivity index is 2.36. The van der Waals surface area contributed by atoms with Gasteiger partial charge in [0, 0.05) is 20.0 Å². The summed E-state index contributed by atoms with van der Waals surface area (Å²) < 4.78 is 0. The second-order valence-electron chi connectivity index (χ2n) is 6.95. The average molecular weight is 309 g/mol. The fraction of sp³-hybridized carbons (Fsp3) is 0.500. The molecule has 0 amide bonds. The summed E-state index contributed by atoms with van der Waals surface area (Å²) in [5, 5.41) is 0.653. The number of hydrogen-bond donors (Lipinski definition) is 0. The summed E-state index contributed by atoms with van der Waals surface area (Å²) in [7, 11) is -1.28. The average Bonchev–Trinajstić information content (AvgIpc) is 2.28. The van der Waals surface area contributed by atoms with Gasteiger partial charge in [-0.05, 0) is 36.1 Å². The summed E-state index contributed by atoms with van der Waals surface area (Å²) in [6, 6.07) is 7.38. The summed E-state index contributed by atoms with van der Waals surface area (Å²) >= 11 is 5.92. The molecule has 0 spiro atoms. The molecule has 0 N–H and O–H groups in total. The van der Waals surface area contributed by atoms with Gasteiger partial charge in [0.25, 0.3) is 0 Å². The van der Waals surface area contributed by atoms with Crippen LogP contribution in [-0.4, -0.2) is 19.6 Å². The monoisotopic (exact) mass is 308 g/mol. The van der Waals surface area contributed by atoms with Gasteiger partial charge in [-0.2, -0.15) is 0 Å². The van der Waals surface area contributed by atoms with Crippen LogP contribution in [0.3, 0.4) is 0 Å². The number of Topliss-reactive ketones (excluding diaryl/α,β-unsaturated/α-hetero) is 2. The van der Waals surface area contributed by atoms with Gasteiger partial charge in [-0.3, -0.25) is 9.59 Å². The first-order valence-electron chi connectivity index (χ1n) is 6.98. The van der Waals surface area contributed by atoms with Gasteiger partial charge < -0.3 is 0 Å². The van der Waals surface area contributed by atoms with E-state index in [1.807, 2.05) is 12.1 Å². The van der Waals surface area contributed by atoms with Crippen molar-refractivity contribution in [1.29, 1.82) is 0 Å². The highest BCUT2D eigenvalue weighted by atomic mass is 35.5. The maximum atomic E-state index is 12.4. The lowest BCUT2D eigenvalue weighted by molar-refractivity contribution is -0.141. The molecule has 2 rings (SSSR count). The van der Waals surface area contributed by atoms with Gasteiger partial charge in [-0.1, -0.05) is 43.4 Å². The van der Waals surface area contributed by atoms with Crippen molar-refractivity contribution in [3.8, 4) is 0 Å². The highest BCUT2D eigenvalue weighted by Gasteiger charge is 2.55. The minimum atomic E-state index is -1.28. The van der Waals surface area contributed by atoms with E-state index in [1.165, 1.54) is 6.92 Å². The lowest BCUT2D eigenvalue weighted by Gasteiger charge is -2.51. The Morgan fingerprint density at radius 1 is 1.15 bits per heavy atom. The third kappa shape index (κ3) is 2.61. The minimum Gasteiger partial charge on any atom is -0.291 e. The van der Waals surface area contributed by atoms with Crippen LogP contribution in [0.15, 0.2) is 24.3 Å². The van der Waals surface area contributed by atoms with Crippen LogP contribution >= 0.6 is 11.6 Å². The van der Waals surface area contributed by atoms with Gasteiger partial charge in [-0.25, -0.2) is 0 Å². The Bertz CT molecular complexity index is 537. The molecule has 1 aromatic carbocycles. The molecule has 0 radical (unpaired) electrons. The molecule has 1 saturated carbocycles. The summed E-state index contributed by atoms with van der Waals surface area (Å²) in [5.41, 5.74) is 0.944. The SMILES string of the molecule is CC(=O)C(=O)C1(c2ccc(Cl)cc2)CC([Si](C)(C)C)C1. The minimum absolute atomic E-state index is 0.241. The van der Waals surface area contributed by atoms with E-state index in [1.54, 1.807) is 12.1 Å². The normalized spacial score (nSPS) is 25.9. The maximum Gasteiger partial charge on any atom is 0.208 e. The van der Waals surface area contributed by atoms with Crippen LogP contribution in [0.1, 0.15) is 25.3 Å². The third-order valence-electron chi connectivity index (χ3n) is 4.57. The van der Waals surface area contributed by atoms with E-state index in [9.17, 15) is 9.59 Å². The van der Waals surface area contributed by atoms with Gasteiger partial charge >= 0.3 is 0 Å². The zero-order chi connectivity index (χ0) is 15.1. The van der Waals surface area contributed by atoms with Crippen LogP contribution in [0, 0.1) is 0 Å². The predicted octanol–water partition coefficient (Wildman–Crippen LogP) is 4.24. The van der Waals surface area contributed by atoms with Crippen LogP contribution in [0.4, 0.5) is 0 Å². The smallest absolute Gasteiger partial charge is 0.208 e. The molecule has 1 aliphatic rings. The number of ketones is 2. The molecule has 1 aliphatic carbocycles. The van der Waals surface area contributed by atoms with E-state index >= 15 is 0 Å². The maximum absolute atomic E-state index is 12.4. The molecule has 0 aromatic heterocycles. The molecular weight excluding hydrogens is 288 g/mol. The number of halogens is 1. The van der Waals surface area contributed by atoms with Crippen molar-refractivity contribution in [3.63, 3.8) is 0 Å². The molecule has 0 saturated heterocycles. The van der Waals surface area contributed by atoms with E-state index in [0.29, 0.717) is 10.6 Å². The Kier molecular flexibility index (Phi) is 3.95. The second-order valence-corrected chi connectivity index (χ2v) is 12.9. The van der Waals surface area contributed by atoms with Gasteiger partial charge in [0.1, 0.15) is 0 Å². The van der Waals surface area contributed by atoms with Crippen LogP contribution in [0.2, 0.25) is 30.2 Å². The number of hydrogen-bond acceptors (Lipinski definition) is 2. The fourth-order valence-corrected chi connectivity index (χ4v) is 5.10. The summed E-state index contributed by atoms with van der Waals surface area (Å²) in [6.07, 6.45) is 1.62. The molecule has 0 heterocycles. The third-order valence-corrected chi connectivity index (χ3v) is 7.68. The van der Waals surface area contributed by atoms with E-state index in [2.05, 4.69) is 19.6 Å². The Hall–Kier alpha value is -0.933. The van der Waals surface area contributed by atoms with Crippen molar-refractivity contribution >= 4 is 31.2 Å². The topological polar surface area (TPSA) is 34.1 Å². The number of benzene rings is 1. The molecule has 0 unspecified atom stereocenters. The molecule has 0 atom stereocenters. The standard InChI is InChI=1S/C16H21ClO2Si/c1-11(18)15(19)16(9-14(10-16)20(2,3)4)12-5-7-13(17)8-6-12/h5-8,14H,9-10H2,1-4H3. The van der Waals surface area contributed by atoms with Crippen LogP contribution in [0.25, 0.3) is 0 Å². The Labute approximate surface area is 126 Å². The molecule has 0 aliphatic heterocycles. The van der Waals surface area contributed by atoms with Crippen molar-refractivity contribution in [1.82, 2.24) is 0 Å². The zero-order valence-corrected chi connectivity index (χ0v) is 14.3. The van der Waals surface area contributed by atoms with E-state index < -0.39 is 13.5 Å². The largest absolute Gasteiger partial charge is 0.291 e. The van der Waals surface area contributed by atoms with Gasteiger partial charge in [0.2, 0.25) is 5.78 Å². The van der Waals surface area contributed by atoms with Crippen molar-refractivity contribution in [2.45, 2.75) is 50.4 Å². The van der Waals surface area contributed by atoms with Crippen molar-refractivity contribution in [2.75, 3.05) is 0 Å². The van der Waals surface area contributed by atoms with Crippen LogP contribution in [0.5, 0.6) is 0 Å². The highest BCUT2D eigenvalue weighted by Crippen LogP contribution is 2.55. The van der Waals surface area contributed by atoms with Gasteiger partial charge in [0.15, 0.2) is 5.78 Å². The van der Waals surface area contributed by atoms with Gasteiger partial charge in [-0.15, -0.1) is 0 Å². The molecule has 108 valence electrons. The van der Waals surface area contributed by atoms with Crippen molar-refractivity contribution in [2.24, 2.45) is 0 Å². The highest BCUT2D eigenvalue weighted by molar-refractivity contribution is 6.78. The van der Waals surface area contributed by atoms with Crippen LogP contribution in [-0.2, 0) is 15.0 Å². The molecule has 20 heavy (non-hydrogen) atoms. The Morgan fingerprint density at radius 2 is 1.65 bits per heavy atom. The van der Waals surface area contributed by atoms with Crippen molar-refractivity contribution < 1.29 is 9.59 Å². The lowest BCUT2D eigenvalue weighted by atomic mass is 9.60. The first-order chi connectivity index (χ1) is 9.17. The fourth-order valence-electron chi connectivity index (χ4n) is 3.05. The predicted molar refractivity (Wildman–Crippen MR) is 85.1 cm³/mol. The van der Waals surface area contributed by atoms with E-state index in [0.717, 1.165) is 18.4 Å². The molecule has 1 fully saturated rings. The van der Waals surface area contributed by atoms with Crippen LogP contribution < -0.4 is 0 Å². The van der Waals surface area contributed by atoms with E-state index in [-0.39, 0.29) is 11.6 Å². The first kappa shape index (κ1) is 15.5. The molecule has 1 aromatic rings. The van der Waals surface area contributed by atoms with E-state index in [4.69, 9.17) is 11.6 Å². The molecule has 0 bridgehead atoms. The summed E-state index contributed by atoms with van der Waals surface area (Å²) in [4.78, 5) is 24.1. The first-order valence-corrected chi connectivity index (χ1v) is 10.9. The summed E-state index contributed by atoms with van der Waals surface area (Å²) in [5.74, 6) is -0.580. The zero-order valence-electron chi connectivity index (χ0n) is 12.5. The molecular formula is C16H21ClO2Si. The second kappa shape index (κ2) is 5.12. The van der Waals surface area contributed by atoms with Gasteiger partial charge in [0.05, 0.1) is 5.41 Å². The quantitative estimate of drug-likeness (QED) is 0.616. The Morgan fingerprint density at radius 3 is 2.05 bits per heavy atom. The summed E-state index contributed by atoms with van der Waals surface area (Å²) in [6.45, 7) is 8.34. The van der Waals surface area contributed by atoms with Crippen molar-refractivity contribution in [3.05, 3.63) is 34.9 Å². The molecule has 4 heteroatoms.